The molecule has 1 amide bonds. The highest BCUT2D eigenvalue weighted by Gasteiger charge is 2.18. The Morgan fingerprint density at radius 2 is 1.92 bits per heavy atom. The molecule has 0 saturated heterocycles. The highest BCUT2D eigenvalue weighted by molar-refractivity contribution is 5.97. The van der Waals surface area contributed by atoms with E-state index in [0.29, 0.717) is 16.7 Å². The zero-order chi connectivity index (χ0) is 18.8. The summed E-state index contributed by atoms with van der Waals surface area (Å²) in [7, 11) is 1.44. The number of nitrogens with one attached hydrogen (secondary N) is 1. The van der Waals surface area contributed by atoms with Crippen LogP contribution in [-0.4, -0.2) is 13.0 Å². The highest BCUT2D eigenvalue weighted by Crippen LogP contribution is 2.24. The predicted molar refractivity (Wildman–Crippen MR) is 91.3 cm³/mol. The van der Waals surface area contributed by atoms with Gasteiger partial charge in [0.05, 0.1) is 13.2 Å². The van der Waals surface area contributed by atoms with Crippen molar-refractivity contribution in [3.05, 3.63) is 75.6 Å². The van der Waals surface area contributed by atoms with Gasteiger partial charge < -0.3 is 14.5 Å². The van der Waals surface area contributed by atoms with Crippen molar-refractivity contribution in [2.75, 3.05) is 7.11 Å². The molecule has 1 heterocycles. The van der Waals surface area contributed by atoms with Crippen molar-refractivity contribution >= 4 is 16.9 Å². The fourth-order valence-electron chi connectivity index (χ4n) is 2.58. The Labute approximate surface area is 147 Å². The molecule has 0 radical (unpaired) electrons. The van der Waals surface area contributed by atoms with E-state index in [0.717, 1.165) is 12.1 Å². The van der Waals surface area contributed by atoms with E-state index in [1.165, 1.54) is 19.2 Å². The van der Waals surface area contributed by atoms with Gasteiger partial charge in [-0.1, -0.05) is 18.2 Å². The number of benzene rings is 2. The van der Waals surface area contributed by atoms with Crippen LogP contribution >= 0.6 is 0 Å². The van der Waals surface area contributed by atoms with Crippen LogP contribution in [0.3, 0.4) is 0 Å². The van der Waals surface area contributed by atoms with E-state index >= 15 is 0 Å². The van der Waals surface area contributed by atoms with E-state index in [-0.39, 0.29) is 11.1 Å². The van der Waals surface area contributed by atoms with Crippen molar-refractivity contribution in [3.8, 4) is 5.75 Å². The molecule has 0 aliphatic heterocycles. The van der Waals surface area contributed by atoms with Crippen LogP contribution in [0.25, 0.3) is 11.0 Å². The average molecular weight is 359 g/mol. The SMILES string of the molecule is COc1cccc2cc(C(=O)NC(C)c3ccc(F)c(F)c3)c(=O)oc12. The van der Waals surface area contributed by atoms with Gasteiger partial charge in [0.25, 0.3) is 5.91 Å². The maximum atomic E-state index is 13.3. The van der Waals surface area contributed by atoms with Gasteiger partial charge in [-0.2, -0.15) is 0 Å². The fraction of sp³-hybridized carbons (Fsp3) is 0.158. The molecule has 3 aromatic rings. The summed E-state index contributed by atoms with van der Waals surface area (Å²) in [6.07, 6.45) is 0. The number of para-hydroxylation sites is 1. The largest absolute Gasteiger partial charge is 0.493 e. The third-order valence-electron chi connectivity index (χ3n) is 3.98. The molecule has 5 nitrogen and oxygen atoms in total. The van der Waals surface area contributed by atoms with Crippen molar-refractivity contribution in [2.45, 2.75) is 13.0 Å². The molecule has 0 bridgehead atoms. The first-order valence-electron chi connectivity index (χ1n) is 7.77. The summed E-state index contributed by atoms with van der Waals surface area (Å²) in [4.78, 5) is 24.6. The third-order valence-corrected chi connectivity index (χ3v) is 3.98. The number of carbonyl (C=O) groups is 1. The second kappa shape index (κ2) is 6.95. The fourth-order valence-corrected chi connectivity index (χ4v) is 2.58. The molecule has 26 heavy (non-hydrogen) atoms. The van der Waals surface area contributed by atoms with Gasteiger partial charge in [-0.05, 0) is 36.8 Å². The minimum absolute atomic E-state index is 0.194. The number of ether oxygens (including phenoxy) is 1. The molecule has 1 atom stereocenters. The maximum Gasteiger partial charge on any atom is 0.349 e. The first-order chi connectivity index (χ1) is 12.4. The number of fused-ring (bicyclic) bond motifs is 1. The van der Waals surface area contributed by atoms with Gasteiger partial charge in [-0.3, -0.25) is 4.79 Å². The second-order valence-electron chi connectivity index (χ2n) is 5.69. The number of halogens is 2. The van der Waals surface area contributed by atoms with Gasteiger partial charge in [0.1, 0.15) is 5.56 Å². The van der Waals surface area contributed by atoms with Gasteiger partial charge in [0.15, 0.2) is 23.0 Å². The standard InChI is InChI=1S/C19H15F2NO4/c1-10(11-6-7-14(20)15(21)9-11)22-18(23)13-8-12-4-3-5-16(25-2)17(12)26-19(13)24/h3-10H,1-2H3,(H,22,23). The monoisotopic (exact) mass is 359 g/mol. The quantitative estimate of drug-likeness (QED) is 0.723. The minimum Gasteiger partial charge on any atom is -0.493 e. The molecule has 7 heteroatoms. The topological polar surface area (TPSA) is 68.5 Å². The van der Waals surface area contributed by atoms with Crippen LogP contribution < -0.4 is 15.7 Å². The summed E-state index contributed by atoms with van der Waals surface area (Å²) in [6.45, 7) is 1.59. The molecule has 2 aromatic carbocycles. The molecule has 0 saturated carbocycles. The van der Waals surface area contributed by atoms with Crippen molar-refractivity contribution in [1.29, 1.82) is 0 Å². The lowest BCUT2D eigenvalue weighted by molar-refractivity contribution is 0.0936. The average Bonchev–Trinajstić information content (AvgIpc) is 2.62. The molecule has 134 valence electrons. The van der Waals surface area contributed by atoms with Gasteiger partial charge in [0.2, 0.25) is 0 Å². The molecule has 0 aliphatic rings. The van der Waals surface area contributed by atoms with Crippen molar-refractivity contribution in [2.24, 2.45) is 0 Å². The lowest BCUT2D eigenvalue weighted by Gasteiger charge is -2.14. The van der Waals surface area contributed by atoms with E-state index in [1.807, 2.05) is 0 Å². The molecule has 1 N–H and O–H groups in total. The van der Waals surface area contributed by atoms with E-state index in [4.69, 9.17) is 9.15 Å². The Morgan fingerprint density at radius 3 is 2.62 bits per heavy atom. The van der Waals surface area contributed by atoms with Crippen LogP contribution in [0.5, 0.6) is 5.75 Å². The summed E-state index contributed by atoms with van der Waals surface area (Å²) in [6, 6.07) is 9.10. The van der Waals surface area contributed by atoms with Gasteiger partial charge in [-0.15, -0.1) is 0 Å². The number of carbonyl (C=O) groups excluding carboxylic acids is 1. The molecular weight excluding hydrogens is 344 g/mol. The maximum absolute atomic E-state index is 13.3. The van der Waals surface area contributed by atoms with Crippen molar-refractivity contribution in [1.82, 2.24) is 5.32 Å². The highest BCUT2D eigenvalue weighted by atomic mass is 19.2. The summed E-state index contributed by atoms with van der Waals surface area (Å²) < 4.78 is 36.7. The number of rotatable bonds is 4. The summed E-state index contributed by atoms with van der Waals surface area (Å²) in [5, 5.41) is 3.10. The lowest BCUT2D eigenvalue weighted by Crippen LogP contribution is -2.30. The Bertz CT molecular complexity index is 1050. The number of hydrogen-bond donors (Lipinski definition) is 1. The number of methoxy groups -OCH3 is 1. The van der Waals surface area contributed by atoms with Gasteiger partial charge >= 0.3 is 5.63 Å². The Kier molecular flexibility index (Phi) is 4.71. The van der Waals surface area contributed by atoms with Crippen LogP contribution in [0.15, 0.2) is 51.7 Å². The van der Waals surface area contributed by atoms with Gasteiger partial charge in [0, 0.05) is 5.39 Å². The normalized spacial score (nSPS) is 12.0. The summed E-state index contributed by atoms with van der Waals surface area (Å²) in [5.41, 5.74) is -0.411. The Balaban J connectivity index is 1.91. The molecule has 0 fully saturated rings. The van der Waals surface area contributed by atoms with Crippen molar-refractivity contribution < 1.29 is 22.7 Å². The number of amides is 1. The number of hydrogen-bond acceptors (Lipinski definition) is 4. The smallest absolute Gasteiger partial charge is 0.349 e. The van der Waals surface area contributed by atoms with E-state index in [1.54, 1.807) is 25.1 Å². The van der Waals surface area contributed by atoms with Crippen molar-refractivity contribution in [3.63, 3.8) is 0 Å². The summed E-state index contributed by atoms with van der Waals surface area (Å²) in [5.74, 6) is -2.29. The molecular formula is C19H15F2NO4. The van der Waals surface area contributed by atoms with Crippen LogP contribution in [0.4, 0.5) is 8.78 Å². The molecule has 1 aromatic heterocycles. The lowest BCUT2D eigenvalue weighted by atomic mass is 10.1. The van der Waals surface area contributed by atoms with E-state index in [9.17, 15) is 18.4 Å². The zero-order valence-corrected chi connectivity index (χ0v) is 14.0. The molecule has 0 aliphatic carbocycles. The summed E-state index contributed by atoms with van der Waals surface area (Å²) >= 11 is 0. The Morgan fingerprint density at radius 1 is 1.15 bits per heavy atom. The minimum atomic E-state index is -1.01. The third kappa shape index (κ3) is 3.28. The van der Waals surface area contributed by atoms with Crippen LogP contribution in [0.2, 0.25) is 0 Å². The first kappa shape index (κ1) is 17.6. The molecule has 3 rings (SSSR count). The second-order valence-corrected chi connectivity index (χ2v) is 5.69. The molecule has 1 unspecified atom stereocenters. The van der Waals surface area contributed by atoms with Crippen LogP contribution in [0, 0.1) is 11.6 Å². The first-order valence-corrected chi connectivity index (χ1v) is 7.77. The van der Waals surface area contributed by atoms with Gasteiger partial charge in [-0.25, -0.2) is 13.6 Å². The van der Waals surface area contributed by atoms with Crippen LogP contribution in [0.1, 0.15) is 28.9 Å². The van der Waals surface area contributed by atoms with E-state index < -0.39 is 29.2 Å². The zero-order valence-electron chi connectivity index (χ0n) is 14.0. The van der Waals surface area contributed by atoms with E-state index in [2.05, 4.69) is 5.32 Å². The van der Waals surface area contributed by atoms with Crippen LogP contribution in [-0.2, 0) is 0 Å². The molecule has 0 spiro atoms. The Hall–Kier alpha value is -3.22. The predicted octanol–water partition coefficient (Wildman–Crippen LogP) is 3.57.